The minimum atomic E-state index is -0.614. The molecule has 1 fully saturated rings. The average Bonchev–Trinajstić information content (AvgIpc) is 2.48. The van der Waals surface area contributed by atoms with Crippen LogP contribution in [0.15, 0.2) is 30.3 Å². The van der Waals surface area contributed by atoms with Gasteiger partial charge < -0.3 is 16.6 Å². The van der Waals surface area contributed by atoms with Crippen molar-refractivity contribution in [2.24, 2.45) is 17.4 Å². The third kappa shape index (κ3) is 4.58. The summed E-state index contributed by atoms with van der Waals surface area (Å²) in [6.07, 6.45) is 7.46. The number of benzene rings is 1. The van der Waals surface area contributed by atoms with E-state index in [1.807, 2.05) is 30.3 Å². The van der Waals surface area contributed by atoms with Gasteiger partial charge in [-0.2, -0.15) is 0 Å². The van der Waals surface area contributed by atoms with Crippen LogP contribution in [0.2, 0.25) is 0 Å². The molecule has 5 N–H and O–H groups in total. The van der Waals surface area contributed by atoms with Crippen molar-refractivity contribution >= 4 is 0 Å². The Kier molecular flexibility index (Phi) is 6.02. The summed E-state index contributed by atoms with van der Waals surface area (Å²) >= 11 is 0. The standard InChI is InChI=1S/C17H28N2O/c18-15(11-13-7-3-1-4-8-13)17(20)16(19)12-14-9-5-2-6-10-14/h1,3-4,7-8,14-17,20H,2,5-6,9-12,18-19H2/t15-,16-,17-/m1/s1. The van der Waals surface area contributed by atoms with E-state index in [1.165, 1.54) is 32.1 Å². The highest BCUT2D eigenvalue weighted by molar-refractivity contribution is 5.16. The summed E-state index contributed by atoms with van der Waals surface area (Å²) < 4.78 is 0. The fourth-order valence-electron chi connectivity index (χ4n) is 3.27. The van der Waals surface area contributed by atoms with Gasteiger partial charge in [0.25, 0.3) is 0 Å². The number of aliphatic hydroxyl groups is 1. The van der Waals surface area contributed by atoms with Gasteiger partial charge in [-0.1, -0.05) is 62.4 Å². The lowest BCUT2D eigenvalue weighted by Gasteiger charge is -2.29. The second-order valence-corrected chi connectivity index (χ2v) is 6.25. The number of hydrogen-bond donors (Lipinski definition) is 3. The number of hydrogen-bond acceptors (Lipinski definition) is 3. The van der Waals surface area contributed by atoms with E-state index in [1.54, 1.807) is 0 Å². The van der Waals surface area contributed by atoms with Gasteiger partial charge in [-0.15, -0.1) is 0 Å². The van der Waals surface area contributed by atoms with Gasteiger partial charge >= 0.3 is 0 Å². The molecule has 1 aromatic rings. The van der Waals surface area contributed by atoms with Crippen molar-refractivity contribution < 1.29 is 5.11 Å². The predicted octanol–water partition coefficient (Wildman–Crippen LogP) is 2.21. The third-order valence-electron chi connectivity index (χ3n) is 4.52. The molecule has 0 unspecified atom stereocenters. The smallest absolute Gasteiger partial charge is 0.0844 e. The molecule has 0 amide bonds. The maximum atomic E-state index is 10.3. The van der Waals surface area contributed by atoms with Crippen LogP contribution in [0.1, 0.15) is 44.1 Å². The topological polar surface area (TPSA) is 72.3 Å². The molecule has 1 aromatic carbocycles. The molecule has 0 saturated heterocycles. The molecule has 0 bridgehead atoms. The number of nitrogens with two attached hydrogens (primary N) is 2. The largest absolute Gasteiger partial charge is 0.390 e. The summed E-state index contributed by atoms with van der Waals surface area (Å²) in [4.78, 5) is 0. The van der Waals surface area contributed by atoms with Gasteiger partial charge in [0.1, 0.15) is 0 Å². The van der Waals surface area contributed by atoms with Gasteiger partial charge in [-0.05, 0) is 24.3 Å². The van der Waals surface area contributed by atoms with Crippen LogP contribution >= 0.6 is 0 Å². The van der Waals surface area contributed by atoms with E-state index >= 15 is 0 Å². The SMILES string of the molecule is N[C@H](Cc1ccccc1)[C@@H](O)[C@H](N)CC1CCCCC1. The van der Waals surface area contributed by atoms with E-state index in [9.17, 15) is 5.11 Å². The van der Waals surface area contributed by atoms with E-state index in [2.05, 4.69) is 0 Å². The Hall–Kier alpha value is -0.900. The van der Waals surface area contributed by atoms with E-state index in [-0.39, 0.29) is 12.1 Å². The summed E-state index contributed by atoms with van der Waals surface area (Å²) in [7, 11) is 0. The molecule has 20 heavy (non-hydrogen) atoms. The monoisotopic (exact) mass is 276 g/mol. The first-order chi connectivity index (χ1) is 9.66. The Balaban J connectivity index is 1.80. The predicted molar refractivity (Wildman–Crippen MR) is 83.3 cm³/mol. The first-order valence-electron chi connectivity index (χ1n) is 7.90. The van der Waals surface area contributed by atoms with Crippen LogP contribution in [0.3, 0.4) is 0 Å². The van der Waals surface area contributed by atoms with Crippen LogP contribution in [0.25, 0.3) is 0 Å². The summed E-state index contributed by atoms with van der Waals surface area (Å²) in [5, 5.41) is 10.3. The fraction of sp³-hybridized carbons (Fsp3) is 0.647. The zero-order valence-corrected chi connectivity index (χ0v) is 12.2. The first kappa shape index (κ1) is 15.5. The van der Waals surface area contributed by atoms with E-state index < -0.39 is 6.10 Å². The molecular formula is C17H28N2O. The van der Waals surface area contributed by atoms with Crippen molar-refractivity contribution in [3.63, 3.8) is 0 Å². The second kappa shape index (κ2) is 7.77. The van der Waals surface area contributed by atoms with E-state index in [0.29, 0.717) is 12.3 Å². The Bertz CT molecular complexity index is 376. The number of rotatable bonds is 6. The zero-order valence-electron chi connectivity index (χ0n) is 12.2. The first-order valence-corrected chi connectivity index (χ1v) is 7.90. The van der Waals surface area contributed by atoms with Crippen LogP contribution in [0.4, 0.5) is 0 Å². The van der Waals surface area contributed by atoms with Crippen molar-refractivity contribution in [2.45, 2.75) is 63.1 Å². The highest BCUT2D eigenvalue weighted by Gasteiger charge is 2.25. The minimum Gasteiger partial charge on any atom is -0.390 e. The summed E-state index contributed by atoms with van der Waals surface area (Å²) in [6, 6.07) is 9.58. The second-order valence-electron chi connectivity index (χ2n) is 6.25. The van der Waals surface area contributed by atoms with Crippen molar-refractivity contribution in [1.82, 2.24) is 0 Å². The molecule has 1 aliphatic rings. The Morgan fingerprint density at radius 1 is 1.00 bits per heavy atom. The maximum Gasteiger partial charge on any atom is 0.0844 e. The molecule has 2 rings (SSSR count). The van der Waals surface area contributed by atoms with Gasteiger partial charge in [-0.25, -0.2) is 0 Å². The molecule has 0 spiro atoms. The van der Waals surface area contributed by atoms with Gasteiger partial charge in [0, 0.05) is 12.1 Å². The highest BCUT2D eigenvalue weighted by Crippen LogP contribution is 2.27. The normalized spacial score (nSPS) is 21.4. The van der Waals surface area contributed by atoms with Gasteiger partial charge in [0.05, 0.1) is 6.10 Å². The summed E-state index contributed by atoms with van der Waals surface area (Å²) in [5.74, 6) is 0.678. The Morgan fingerprint density at radius 3 is 2.30 bits per heavy atom. The lowest BCUT2D eigenvalue weighted by molar-refractivity contribution is 0.101. The highest BCUT2D eigenvalue weighted by atomic mass is 16.3. The Morgan fingerprint density at radius 2 is 1.65 bits per heavy atom. The molecular weight excluding hydrogens is 248 g/mol. The molecule has 0 aromatic heterocycles. The molecule has 0 radical (unpaired) electrons. The van der Waals surface area contributed by atoms with Gasteiger partial charge in [0.15, 0.2) is 0 Å². The van der Waals surface area contributed by atoms with E-state index in [4.69, 9.17) is 11.5 Å². The molecule has 112 valence electrons. The molecule has 3 atom stereocenters. The molecule has 0 aliphatic heterocycles. The van der Waals surface area contributed by atoms with Crippen molar-refractivity contribution in [3.05, 3.63) is 35.9 Å². The van der Waals surface area contributed by atoms with E-state index in [0.717, 1.165) is 12.0 Å². The van der Waals surface area contributed by atoms with Crippen LogP contribution in [0, 0.1) is 5.92 Å². The van der Waals surface area contributed by atoms with Crippen LogP contribution < -0.4 is 11.5 Å². The van der Waals surface area contributed by atoms with Crippen LogP contribution in [0.5, 0.6) is 0 Å². The molecule has 1 aliphatic carbocycles. The van der Waals surface area contributed by atoms with Gasteiger partial charge in [-0.3, -0.25) is 0 Å². The molecule has 3 nitrogen and oxygen atoms in total. The van der Waals surface area contributed by atoms with Crippen molar-refractivity contribution in [2.75, 3.05) is 0 Å². The summed E-state index contributed by atoms with van der Waals surface area (Å²) in [6.45, 7) is 0. The lowest BCUT2D eigenvalue weighted by atomic mass is 9.82. The van der Waals surface area contributed by atoms with Crippen LogP contribution in [-0.2, 0) is 6.42 Å². The average molecular weight is 276 g/mol. The maximum absolute atomic E-state index is 10.3. The van der Waals surface area contributed by atoms with Gasteiger partial charge in [0.2, 0.25) is 0 Å². The summed E-state index contributed by atoms with van der Waals surface area (Å²) in [5.41, 5.74) is 13.5. The molecule has 3 heteroatoms. The van der Waals surface area contributed by atoms with Crippen molar-refractivity contribution in [3.8, 4) is 0 Å². The molecule has 1 saturated carbocycles. The fourth-order valence-corrected chi connectivity index (χ4v) is 3.27. The lowest BCUT2D eigenvalue weighted by Crippen LogP contribution is -2.49. The van der Waals surface area contributed by atoms with Crippen molar-refractivity contribution in [1.29, 1.82) is 0 Å². The zero-order chi connectivity index (χ0) is 14.4. The third-order valence-corrected chi connectivity index (χ3v) is 4.52. The minimum absolute atomic E-state index is 0.197. The molecule has 0 heterocycles. The Labute approximate surface area is 122 Å². The quantitative estimate of drug-likeness (QED) is 0.746. The van der Waals surface area contributed by atoms with Crippen LogP contribution in [-0.4, -0.2) is 23.3 Å². The number of aliphatic hydroxyl groups excluding tert-OH is 1.